The molecule has 4 aromatic carbocycles. The van der Waals surface area contributed by atoms with E-state index in [0.29, 0.717) is 72.4 Å². The van der Waals surface area contributed by atoms with Crippen LogP contribution in [0.2, 0.25) is 0 Å². The van der Waals surface area contributed by atoms with E-state index in [1.807, 2.05) is 66.4 Å². The average Bonchev–Trinajstić information content (AvgIpc) is 3.19. The van der Waals surface area contributed by atoms with Crippen molar-refractivity contribution < 1.29 is 28.6 Å². The predicted molar refractivity (Wildman–Crippen MR) is 213 cm³/mol. The van der Waals surface area contributed by atoms with E-state index in [2.05, 4.69) is 17.3 Å². The fourth-order valence-corrected chi connectivity index (χ4v) is 6.12. The van der Waals surface area contributed by atoms with E-state index >= 15 is 0 Å². The first-order valence-electron chi connectivity index (χ1n) is 18.8. The second-order valence-corrected chi connectivity index (χ2v) is 13.6. The first kappa shape index (κ1) is 39.8. The molecular formula is C43H53N5O6. The Bertz CT molecular complexity index is 1840. The molecule has 54 heavy (non-hydrogen) atoms. The number of unbranched alkanes of at least 4 members (excludes halogenated alkanes) is 2. The number of nitrogens with one attached hydrogen (secondary N) is 1. The third-order valence-corrected chi connectivity index (χ3v) is 9.38. The van der Waals surface area contributed by atoms with Gasteiger partial charge in [-0.05, 0) is 99.8 Å². The maximum atomic E-state index is 14.0. The van der Waals surface area contributed by atoms with Crippen molar-refractivity contribution in [3.8, 4) is 17.2 Å². The zero-order valence-electron chi connectivity index (χ0n) is 31.7. The number of amides is 3. The van der Waals surface area contributed by atoms with E-state index in [-0.39, 0.29) is 24.3 Å². The highest BCUT2D eigenvalue weighted by molar-refractivity contribution is 6.09. The molecule has 4 aromatic rings. The lowest BCUT2D eigenvalue weighted by molar-refractivity contribution is -0.132. The number of nitrogens with zero attached hydrogens (tertiary/aromatic N) is 3. The molecule has 1 saturated heterocycles. The molecule has 0 aliphatic carbocycles. The van der Waals surface area contributed by atoms with Gasteiger partial charge in [-0.25, -0.2) is 0 Å². The molecule has 0 spiro atoms. The lowest BCUT2D eigenvalue weighted by Gasteiger charge is -2.32. The van der Waals surface area contributed by atoms with Crippen molar-refractivity contribution >= 4 is 29.1 Å². The number of rotatable bonds is 18. The van der Waals surface area contributed by atoms with Gasteiger partial charge < -0.3 is 40.0 Å². The number of carbonyl (C=O) groups is 3. The number of anilines is 2. The third-order valence-electron chi connectivity index (χ3n) is 9.38. The van der Waals surface area contributed by atoms with Gasteiger partial charge in [0.25, 0.3) is 11.8 Å². The lowest BCUT2D eigenvalue weighted by atomic mass is 10.1. The van der Waals surface area contributed by atoms with Gasteiger partial charge in [-0.3, -0.25) is 14.4 Å². The molecule has 1 fully saturated rings. The second-order valence-electron chi connectivity index (χ2n) is 13.6. The van der Waals surface area contributed by atoms with Gasteiger partial charge in [0.05, 0.1) is 30.2 Å². The summed E-state index contributed by atoms with van der Waals surface area (Å²) in [6.07, 6.45) is 3.69. The summed E-state index contributed by atoms with van der Waals surface area (Å²) in [4.78, 5) is 45.9. The Morgan fingerprint density at radius 2 is 1.48 bits per heavy atom. The molecule has 3 amide bonds. The number of hydrogen-bond acceptors (Lipinski definition) is 8. The van der Waals surface area contributed by atoms with Crippen LogP contribution in [0.15, 0.2) is 91.0 Å². The number of ether oxygens (including phenoxy) is 3. The summed E-state index contributed by atoms with van der Waals surface area (Å²) in [7, 11) is 3.80. The topological polar surface area (TPSA) is 127 Å². The van der Waals surface area contributed by atoms with Crippen molar-refractivity contribution in [1.29, 1.82) is 0 Å². The molecule has 11 nitrogen and oxygen atoms in total. The Morgan fingerprint density at radius 3 is 2.26 bits per heavy atom. The number of para-hydroxylation sites is 1. The van der Waals surface area contributed by atoms with Crippen LogP contribution in [-0.2, 0) is 11.4 Å². The average molecular weight is 736 g/mol. The van der Waals surface area contributed by atoms with Crippen molar-refractivity contribution in [2.45, 2.75) is 45.6 Å². The number of benzene rings is 4. The van der Waals surface area contributed by atoms with E-state index in [0.717, 1.165) is 56.6 Å². The van der Waals surface area contributed by atoms with Crippen LogP contribution in [-0.4, -0.2) is 87.6 Å². The Kier molecular flexibility index (Phi) is 14.9. The number of aryl methyl sites for hydroxylation is 1. The minimum atomic E-state index is -0.373. The summed E-state index contributed by atoms with van der Waals surface area (Å²) < 4.78 is 18.3. The van der Waals surface area contributed by atoms with Gasteiger partial charge in [0.1, 0.15) is 23.9 Å². The van der Waals surface area contributed by atoms with Gasteiger partial charge >= 0.3 is 0 Å². The molecule has 3 N–H and O–H groups in total. The maximum Gasteiger partial charge on any atom is 0.259 e. The molecule has 0 saturated carbocycles. The molecule has 11 heteroatoms. The minimum absolute atomic E-state index is 0.225. The highest BCUT2D eigenvalue weighted by Gasteiger charge is 2.22. The number of nitrogens with two attached hydrogens (primary N) is 1. The summed E-state index contributed by atoms with van der Waals surface area (Å²) in [5.74, 6) is 0.990. The van der Waals surface area contributed by atoms with Gasteiger partial charge in [0, 0.05) is 45.2 Å². The van der Waals surface area contributed by atoms with E-state index in [4.69, 9.17) is 19.9 Å². The van der Waals surface area contributed by atoms with Crippen molar-refractivity contribution in [3.05, 3.63) is 113 Å². The molecule has 0 bridgehead atoms. The van der Waals surface area contributed by atoms with Crippen LogP contribution in [0.1, 0.15) is 63.9 Å². The molecule has 5 rings (SSSR count). The molecule has 1 aliphatic heterocycles. The number of carbonyl (C=O) groups excluding carboxylic acids is 3. The summed E-state index contributed by atoms with van der Waals surface area (Å²) >= 11 is 0. The Hall–Kier alpha value is -5.39. The summed E-state index contributed by atoms with van der Waals surface area (Å²) in [6.45, 7) is 6.99. The van der Waals surface area contributed by atoms with Gasteiger partial charge in [-0.15, -0.1) is 0 Å². The van der Waals surface area contributed by atoms with Gasteiger partial charge in [0.2, 0.25) is 5.91 Å². The summed E-state index contributed by atoms with van der Waals surface area (Å²) in [5, 5.41) is 2.96. The predicted octanol–water partition coefficient (Wildman–Crippen LogP) is 6.54. The smallest absolute Gasteiger partial charge is 0.259 e. The standard InChI is InChI=1S/C43H53N5O6/c1-32-18-21-37(40(29-32)53-27-11-5-8-17-41(49)48-25-23-46(2)24-26-48)47(3)43(51)34-19-20-36(39(30-34)54-31-33-13-6-4-7-14-33)45-42(50)35-15-9-10-16-38(35)52-28-12-22-44/h4,6-7,9-10,13-16,18-21,29-30H,5,8,11-12,17,22-28,31,44H2,1-3H3,(H,45,50). The van der Waals surface area contributed by atoms with Gasteiger partial charge in [-0.2, -0.15) is 0 Å². The monoisotopic (exact) mass is 735 g/mol. The maximum absolute atomic E-state index is 14.0. The first-order valence-corrected chi connectivity index (χ1v) is 18.8. The Balaban J connectivity index is 1.26. The number of hydrogen-bond donors (Lipinski definition) is 2. The van der Waals surface area contributed by atoms with E-state index in [9.17, 15) is 14.4 Å². The Labute approximate surface area is 319 Å². The quantitative estimate of drug-likeness (QED) is 0.110. The van der Waals surface area contributed by atoms with Gasteiger partial charge in [0.15, 0.2) is 0 Å². The minimum Gasteiger partial charge on any atom is -0.493 e. The molecule has 286 valence electrons. The molecule has 0 unspecified atom stereocenters. The normalized spacial score (nSPS) is 12.9. The van der Waals surface area contributed by atoms with Crippen molar-refractivity contribution in [2.75, 3.05) is 70.2 Å². The summed E-state index contributed by atoms with van der Waals surface area (Å²) in [5.41, 5.74) is 9.36. The molecule has 1 aliphatic rings. The van der Waals surface area contributed by atoms with Crippen LogP contribution in [0.3, 0.4) is 0 Å². The fourth-order valence-electron chi connectivity index (χ4n) is 6.12. The highest BCUT2D eigenvalue weighted by atomic mass is 16.5. The summed E-state index contributed by atoms with van der Waals surface area (Å²) in [6, 6.07) is 27.5. The van der Waals surface area contributed by atoms with Crippen LogP contribution in [0.4, 0.5) is 11.4 Å². The van der Waals surface area contributed by atoms with Crippen LogP contribution in [0.5, 0.6) is 17.2 Å². The van der Waals surface area contributed by atoms with Crippen molar-refractivity contribution in [3.63, 3.8) is 0 Å². The Morgan fingerprint density at radius 1 is 0.759 bits per heavy atom. The van der Waals surface area contributed by atoms with E-state index in [1.54, 1.807) is 48.3 Å². The van der Waals surface area contributed by atoms with E-state index < -0.39 is 0 Å². The number of piperazine rings is 1. The van der Waals surface area contributed by atoms with Crippen LogP contribution in [0, 0.1) is 6.92 Å². The van der Waals surface area contributed by atoms with Crippen LogP contribution in [0.25, 0.3) is 0 Å². The SMILES string of the molecule is Cc1ccc(N(C)C(=O)c2ccc(NC(=O)c3ccccc3OCCCN)c(OCc3ccccc3)c2)c(OCCCCCC(=O)N2CCN(C)CC2)c1. The van der Waals surface area contributed by atoms with Gasteiger partial charge in [-0.1, -0.05) is 48.5 Å². The zero-order valence-corrected chi connectivity index (χ0v) is 31.7. The highest BCUT2D eigenvalue weighted by Crippen LogP contribution is 2.33. The third kappa shape index (κ3) is 11.3. The first-order chi connectivity index (χ1) is 26.2. The molecule has 1 heterocycles. The molecule has 0 atom stereocenters. The largest absolute Gasteiger partial charge is 0.493 e. The van der Waals surface area contributed by atoms with Crippen LogP contribution < -0.4 is 30.2 Å². The molecule has 0 aromatic heterocycles. The van der Waals surface area contributed by atoms with Crippen molar-refractivity contribution in [1.82, 2.24) is 9.80 Å². The fraction of sp³-hybridized carbons (Fsp3) is 0.372. The van der Waals surface area contributed by atoms with E-state index in [1.165, 1.54) is 0 Å². The lowest BCUT2D eigenvalue weighted by Crippen LogP contribution is -2.47. The van der Waals surface area contributed by atoms with Crippen LogP contribution >= 0.6 is 0 Å². The van der Waals surface area contributed by atoms with Crippen molar-refractivity contribution in [2.24, 2.45) is 5.73 Å². The zero-order chi connectivity index (χ0) is 38.3. The number of likely N-dealkylation sites (N-methyl/N-ethyl adjacent to an activating group) is 1. The molecule has 0 radical (unpaired) electrons. The second kappa shape index (κ2) is 20.2. The molecular weight excluding hydrogens is 683 g/mol.